The molecule has 1 aliphatic carbocycles. The number of hydrogen-bond donors (Lipinski definition) is 3. The van der Waals surface area contributed by atoms with Crippen LogP contribution in [0.25, 0.3) is 0 Å². The lowest BCUT2D eigenvalue weighted by atomic mass is 9.90. The van der Waals surface area contributed by atoms with Gasteiger partial charge >= 0.3 is 6.03 Å². The Morgan fingerprint density at radius 1 is 1.06 bits per heavy atom. The lowest BCUT2D eigenvalue weighted by Gasteiger charge is -2.32. The topological polar surface area (TPSA) is 92.4 Å². The molecule has 0 saturated heterocycles. The molecule has 7 nitrogen and oxygen atoms in total. The summed E-state index contributed by atoms with van der Waals surface area (Å²) in [4.78, 5) is 29.6. The summed E-state index contributed by atoms with van der Waals surface area (Å²) >= 11 is 7.18. The number of halogens is 3. The Balaban J connectivity index is 1.31. The van der Waals surface area contributed by atoms with Gasteiger partial charge in [-0.2, -0.15) is 0 Å². The van der Waals surface area contributed by atoms with Gasteiger partial charge in [-0.3, -0.25) is 4.79 Å². The summed E-state index contributed by atoms with van der Waals surface area (Å²) in [5.74, 6) is -1.30. The Morgan fingerprint density at radius 3 is 2.49 bits per heavy atom. The summed E-state index contributed by atoms with van der Waals surface area (Å²) in [6, 6.07) is 8.58. The predicted molar refractivity (Wildman–Crippen MR) is 130 cm³/mol. The van der Waals surface area contributed by atoms with Gasteiger partial charge < -0.3 is 20.7 Å². The van der Waals surface area contributed by atoms with Crippen molar-refractivity contribution in [3.8, 4) is 5.75 Å². The number of nitrogens with one attached hydrogen (secondary N) is 3. The van der Waals surface area contributed by atoms with Gasteiger partial charge in [0, 0.05) is 22.5 Å². The van der Waals surface area contributed by atoms with Gasteiger partial charge in [0.15, 0.2) is 0 Å². The van der Waals surface area contributed by atoms with Crippen LogP contribution in [0.15, 0.2) is 47.8 Å². The number of amides is 3. The van der Waals surface area contributed by atoms with E-state index in [2.05, 4.69) is 20.9 Å². The minimum atomic E-state index is -0.868. The number of carbonyl (C=O) groups is 2. The average molecular weight is 521 g/mol. The molecule has 1 heterocycles. The molecular formula is C24H23ClF2N4O3S. The fraction of sp³-hybridized carbons (Fsp3) is 0.292. The van der Waals surface area contributed by atoms with E-state index < -0.39 is 17.7 Å². The Hall–Kier alpha value is -3.24. The van der Waals surface area contributed by atoms with Crippen molar-refractivity contribution >= 4 is 40.6 Å². The van der Waals surface area contributed by atoms with Crippen LogP contribution in [0.2, 0.25) is 5.02 Å². The molecule has 2 atom stereocenters. The number of thiazole rings is 1. The summed E-state index contributed by atoms with van der Waals surface area (Å²) in [7, 11) is 0. The zero-order valence-electron chi connectivity index (χ0n) is 18.5. The van der Waals surface area contributed by atoms with E-state index >= 15 is 0 Å². The quantitative estimate of drug-likeness (QED) is 0.382. The van der Waals surface area contributed by atoms with E-state index in [0.717, 1.165) is 25.0 Å². The maximum absolute atomic E-state index is 13.8. The third-order valence-corrected chi connectivity index (χ3v) is 6.61. The van der Waals surface area contributed by atoms with Gasteiger partial charge in [0.1, 0.15) is 34.7 Å². The summed E-state index contributed by atoms with van der Waals surface area (Å²) in [5, 5.41) is 11.0. The van der Waals surface area contributed by atoms with E-state index in [-0.39, 0.29) is 36.0 Å². The van der Waals surface area contributed by atoms with Crippen LogP contribution in [0, 0.1) is 11.6 Å². The number of ether oxygens (including phenoxy) is 1. The smallest absolute Gasteiger partial charge is 0.319 e. The van der Waals surface area contributed by atoms with Gasteiger partial charge in [-0.25, -0.2) is 18.6 Å². The Labute approximate surface area is 209 Å². The average Bonchev–Trinajstić information content (AvgIpc) is 3.31. The van der Waals surface area contributed by atoms with E-state index in [1.807, 2.05) is 0 Å². The summed E-state index contributed by atoms with van der Waals surface area (Å²) in [5.41, 5.74) is 0.142. The monoisotopic (exact) mass is 520 g/mol. The molecule has 3 N–H and O–H groups in total. The molecule has 1 fully saturated rings. The maximum atomic E-state index is 13.8. The van der Waals surface area contributed by atoms with Crippen LogP contribution in [-0.4, -0.2) is 29.0 Å². The Morgan fingerprint density at radius 2 is 1.77 bits per heavy atom. The maximum Gasteiger partial charge on any atom is 0.319 e. The molecule has 35 heavy (non-hydrogen) atoms. The molecule has 0 spiro atoms. The van der Waals surface area contributed by atoms with E-state index in [1.165, 1.54) is 11.3 Å². The first kappa shape index (κ1) is 24.9. The standard InChI is InChI=1S/C24H23ClF2N4O3S/c25-14-5-8-16(9-6-14)34-12-22-28-21(13-35-22)23(32)29-19-3-1-2-4-20(19)31-24(33)30-18-10-7-15(26)11-17(18)27/h5-11,13,19-20H,1-4,12H2,(H,29,32)(H2,30,31,33)/t19-,20-/m1/s1. The highest BCUT2D eigenvalue weighted by atomic mass is 35.5. The van der Waals surface area contributed by atoms with Crippen molar-refractivity contribution in [3.63, 3.8) is 0 Å². The molecule has 1 aromatic heterocycles. The Kier molecular flexibility index (Phi) is 8.14. The molecular weight excluding hydrogens is 498 g/mol. The summed E-state index contributed by atoms with van der Waals surface area (Å²) in [6.45, 7) is 0.216. The fourth-order valence-electron chi connectivity index (χ4n) is 3.79. The third-order valence-electron chi connectivity index (χ3n) is 5.54. The molecule has 4 rings (SSSR count). The molecule has 2 aromatic carbocycles. The minimum absolute atomic E-state index is 0.129. The molecule has 3 aromatic rings. The lowest BCUT2D eigenvalue weighted by Crippen LogP contribution is -2.54. The van der Waals surface area contributed by atoms with Crippen LogP contribution >= 0.6 is 22.9 Å². The van der Waals surface area contributed by atoms with Crippen molar-refractivity contribution in [1.82, 2.24) is 15.6 Å². The molecule has 0 radical (unpaired) electrons. The summed E-state index contributed by atoms with van der Waals surface area (Å²) < 4.78 is 32.6. The highest BCUT2D eigenvalue weighted by Gasteiger charge is 2.29. The number of hydrogen-bond acceptors (Lipinski definition) is 5. The molecule has 1 saturated carbocycles. The molecule has 0 bridgehead atoms. The number of benzene rings is 2. The van der Waals surface area contributed by atoms with Gasteiger partial charge in [-0.1, -0.05) is 24.4 Å². The predicted octanol–water partition coefficient (Wildman–Crippen LogP) is 5.52. The molecule has 184 valence electrons. The highest BCUT2D eigenvalue weighted by molar-refractivity contribution is 7.09. The first-order chi connectivity index (χ1) is 16.9. The summed E-state index contributed by atoms with van der Waals surface area (Å²) in [6.07, 6.45) is 3.11. The van der Waals surface area contributed by atoms with Crippen molar-refractivity contribution < 1.29 is 23.1 Å². The van der Waals surface area contributed by atoms with E-state index in [4.69, 9.17) is 16.3 Å². The van der Waals surface area contributed by atoms with Crippen LogP contribution in [0.5, 0.6) is 5.75 Å². The number of carbonyl (C=O) groups excluding carboxylic acids is 2. The van der Waals surface area contributed by atoms with E-state index in [9.17, 15) is 18.4 Å². The van der Waals surface area contributed by atoms with Crippen LogP contribution in [0.3, 0.4) is 0 Å². The van der Waals surface area contributed by atoms with Crippen molar-refractivity contribution in [3.05, 3.63) is 75.2 Å². The molecule has 0 unspecified atom stereocenters. The molecule has 1 aliphatic rings. The van der Waals surface area contributed by atoms with Gasteiger partial charge in [0.05, 0.1) is 11.7 Å². The normalized spacial score (nSPS) is 17.5. The van der Waals surface area contributed by atoms with Crippen LogP contribution in [-0.2, 0) is 6.61 Å². The van der Waals surface area contributed by atoms with Crippen LogP contribution in [0.1, 0.15) is 41.2 Å². The van der Waals surface area contributed by atoms with E-state index in [1.54, 1.807) is 29.6 Å². The number of aromatic nitrogens is 1. The number of rotatable bonds is 7. The molecule has 3 amide bonds. The Bertz CT molecular complexity index is 1190. The van der Waals surface area contributed by atoms with Crippen molar-refractivity contribution in [2.45, 2.75) is 44.4 Å². The first-order valence-electron chi connectivity index (χ1n) is 11.0. The lowest BCUT2D eigenvalue weighted by molar-refractivity contribution is 0.0911. The SMILES string of the molecule is O=C(Nc1ccc(F)cc1F)N[C@@H]1CCCC[C@H]1NC(=O)c1csc(COc2ccc(Cl)cc2)n1. The number of nitrogens with zero attached hydrogens (tertiary/aromatic N) is 1. The van der Waals surface area contributed by atoms with Gasteiger partial charge in [0.2, 0.25) is 0 Å². The fourth-order valence-corrected chi connectivity index (χ4v) is 4.61. The van der Waals surface area contributed by atoms with Crippen LogP contribution in [0.4, 0.5) is 19.3 Å². The zero-order valence-corrected chi connectivity index (χ0v) is 20.1. The number of anilines is 1. The molecule has 11 heteroatoms. The number of urea groups is 1. The van der Waals surface area contributed by atoms with Gasteiger partial charge in [0.25, 0.3) is 5.91 Å². The van der Waals surface area contributed by atoms with Crippen molar-refractivity contribution in [2.75, 3.05) is 5.32 Å². The van der Waals surface area contributed by atoms with Gasteiger partial charge in [-0.05, 0) is 49.2 Å². The second-order valence-corrected chi connectivity index (χ2v) is 9.44. The molecule has 0 aliphatic heterocycles. The first-order valence-corrected chi connectivity index (χ1v) is 12.3. The van der Waals surface area contributed by atoms with Gasteiger partial charge in [-0.15, -0.1) is 11.3 Å². The van der Waals surface area contributed by atoms with Crippen molar-refractivity contribution in [2.24, 2.45) is 0 Å². The largest absolute Gasteiger partial charge is 0.486 e. The second-order valence-electron chi connectivity index (χ2n) is 8.06. The minimum Gasteiger partial charge on any atom is -0.486 e. The highest BCUT2D eigenvalue weighted by Crippen LogP contribution is 2.21. The zero-order chi connectivity index (χ0) is 24.8. The van der Waals surface area contributed by atoms with E-state index in [0.29, 0.717) is 34.7 Å². The van der Waals surface area contributed by atoms with Crippen molar-refractivity contribution in [1.29, 1.82) is 0 Å². The third kappa shape index (κ3) is 6.89. The van der Waals surface area contributed by atoms with Crippen LogP contribution < -0.4 is 20.7 Å². The second kappa shape index (κ2) is 11.5.